The van der Waals surface area contributed by atoms with E-state index in [9.17, 15) is 4.79 Å². The van der Waals surface area contributed by atoms with Crippen LogP contribution in [0.2, 0.25) is 0 Å². The third kappa shape index (κ3) is 7.07. The number of anilines is 1. The average Bonchev–Trinajstić information content (AvgIpc) is 3.41. The normalized spacial score (nSPS) is 21.3. The van der Waals surface area contributed by atoms with E-state index < -0.39 is 0 Å². The van der Waals surface area contributed by atoms with Gasteiger partial charge in [-0.05, 0) is 69.8 Å². The number of halogens is 1. The van der Waals surface area contributed by atoms with Crippen molar-refractivity contribution in [1.29, 1.82) is 0 Å². The largest absolute Gasteiger partial charge is 0.356 e. The summed E-state index contributed by atoms with van der Waals surface area (Å²) in [6, 6.07) is 8.71. The number of carbonyl (C=O) groups is 1. The third-order valence-corrected chi connectivity index (χ3v) is 7.34. The molecule has 0 spiro atoms. The zero-order chi connectivity index (χ0) is 22.2. The molecular formula is C26H42IN5O. The molecule has 0 bridgehead atoms. The maximum Gasteiger partial charge on any atom is 0.222 e. The van der Waals surface area contributed by atoms with Crippen LogP contribution in [0.4, 0.5) is 5.69 Å². The number of hydrogen-bond donors (Lipinski definition) is 1. The molecule has 3 aliphatic heterocycles. The third-order valence-electron chi connectivity index (χ3n) is 7.34. The Balaban J connectivity index is 0.00000306. The second kappa shape index (κ2) is 13.5. The number of nitrogens with zero attached hydrogens (tertiary/aromatic N) is 4. The van der Waals surface area contributed by atoms with Gasteiger partial charge in [0.25, 0.3) is 0 Å². The van der Waals surface area contributed by atoms with Crippen LogP contribution in [0, 0.1) is 0 Å². The van der Waals surface area contributed by atoms with Crippen LogP contribution in [0.3, 0.4) is 0 Å². The number of guanidine groups is 1. The highest BCUT2D eigenvalue weighted by Gasteiger charge is 2.32. The predicted octanol–water partition coefficient (Wildman–Crippen LogP) is 4.45. The first-order valence-corrected chi connectivity index (χ1v) is 12.8. The summed E-state index contributed by atoms with van der Waals surface area (Å²) in [5, 5.41) is 3.61. The number of likely N-dealkylation sites (tertiary alicyclic amines) is 2. The highest BCUT2D eigenvalue weighted by Crippen LogP contribution is 2.38. The number of fused-ring (bicyclic) bond motifs is 1. The zero-order valence-electron chi connectivity index (χ0n) is 20.3. The number of unbranched alkanes of at least 4 members (excludes halogenated alkanes) is 2. The topological polar surface area (TPSA) is 51.2 Å². The molecule has 1 unspecified atom stereocenters. The Hall–Kier alpha value is -1.35. The van der Waals surface area contributed by atoms with Crippen LogP contribution in [-0.2, 0) is 4.79 Å². The van der Waals surface area contributed by atoms with Gasteiger partial charge in [-0.3, -0.25) is 9.79 Å². The average molecular weight is 568 g/mol. The van der Waals surface area contributed by atoms with Gasteiger partial charge in [0.1, 0.15) is 0 Å². The molecule has 6 nitrogen and oxygen atoms in total. The van der Waals surface area contributed by atoms with E-state index in [1.807, 2.05) is 11.9 Å². The van der Waals surface area contributed by atoms with Crippen molar-refractivity contribution in [3.05, 3.63) is 29.8 Å². The maximum atomic E-state index is 12.0. The fourth-order valence-electron chi connectivity index (χ4n) is 5.51. The molecular weight excluding hydrogens is 525 g/mol. The first-order chi connectivity index (χ1) is 15.8. The molecule has 1 aromatic rings. The Labute approximate surface area is 217 Å². The Morgan fingerprint density at radius 2 is 1.85 bits per heavy atom. The van der Waals surface area contributed by atoms with Crippen molar-refractivity contribution in [3.8, 4) is 0 Å². The molecule has 1 aromatic carbocycles. The molecule has 33 heavy (non-hydrogen) atoms. The minimum atomic E-state index is 0. The maximum absolute atomic E-state index is 12.0. The summed E-state index contributed by atoms with van der Waals surface area (Å²) in [7, 11) is 1.89. The summed E-state index contributed by atoms with van der Waals surface area (Å²) >= 11 is 0. The number of piperidine rings is 1. The van der Waals surface area contributed by atoms with Crippen molar-refractivity contribution in [2.24, 2.45) is 4.99 Å². The molecule has 3 heterocycles. The Morgan fingerprint density at radius 1 is 1.03 bits per heavy atom. The number of hydrogen-bond acceptors (Lipinski definition) is 3. The number of carbonyl (C=O) groups excluding carboxylic acids is 1. The quantitative estimate of drug-likeness (QED) is 0.207. The number of rotatable bonds is 9. The number of aliphatic imine (C=N–C) groups is 1. The van der Waals surface area contributed by atoms with E-state index in [0.717, 1.165) is 51.4 Å². The number of benzene rings is 1. The lowest BCUT2D eigenvalue weighted by atomic mass is 9.98. The van der Waals surface area contributed by atoms with E-state index in [4.69, 9.17) is 0 Å². The van der Waals surface area contributed by atoms with Gasteiger partial charge in [-0.15, -0.1) is 24.0 Å². The van der Waals surface area contributed by atoms with Gasteiger partial charge < -0.3 is 20.0 Å². The van der Waals surface area contributed by atoms with Gasteiger partial charge in [-0.2, -0.15) is 0 Å². The fourth-order valence-corrected chi connectivity index (χ4v) is 5.51. The molecule has 0 radical (unpaired) electrons. The van der Waals surface area contributed by atoms with E-state index in [0.29, 0.717) is 11.8 Å². The van der Waals surface area contributed by atoms with Crippen LogP contribution in [0.1, 0.15) is 69.3 Å². The van der Waals surface area contributed by atoms with Gasteiger partial charge in [0.2, 0.25) is 5.91 Å². The SMILES string of the molecule is CN=C(NCCCCCN1CCCCC1)N1CC(CCN2CCCC2=O)c2ccccc21.I. The smallest absolute Gasteiger partial charge is 0.222 e. The van der Waals surface area contributed by atoms with E-state index in [2.05, 4.69) is 44.4 Å². The Bertz CT molecular complexity index is 780. The van der Waals surface area contributed by atoms with Crippen molar-refractivity contribution in [2.45, 2.75) is 63.7 Å². The molecule has 0 aromatic heterocycles. The first-order valence-electron chi connectivity index (χ1n) is 12.8. The van der Waals surface area contributed by atoms with Crippen LogP contribution in [0.15, 0.2) is 29.3 Å². The summed E-state index contributed by atoms with van der Waals surface area (Å²) in [6.07, 6.45) is 10.7. The highest BCUT2D eigenvalue weighted by atomic mass is 127. The number of amides is 1. The molecule has 0 saturated carbocycles. The van der Waals surface area contributed by atoms with Crippen molar-refractivity contribution in [3.63, 3.8) is 0 Å². The van der Waals surface area contributed by atoms with E-state index in [1.54, 1.807) is 0 Å². The monoisotopic (exact) mass is 567 g/mol. The highest BCUT2D eigenvalue weighted by molar-refractivity contribution is 14.0. The fraction of sp³-hybridized carbons (Fsp3) is 0.692. The first kappa shape index (κ1) is 26.3. The molecule has 2 saturated heterocycles. The summed E-state index contributed by atoms with van der Waals surface area (Å²) in [6.45, 7) is 7.56. The van der Waals surface area contributed by atoms with Crippen molar-refractivity contribution >= 4 is 41.5 Å². The van der Waals surface area contributed by atoms with Crippen molar-refractivity contribution < 1.29 is 4.79 Å². The Morgan fingerprint density at radius 3 is 2.61 bits per heavy atom. The molecule has 0 aliphatic carbocycles. The van der Waals surface area contributed by atoms with Crippen LogP contribution >= 0.6 is 24.0 Å². The summed E-state index contributed by atoms with van der Waals surface area (Å²) in [4.78, 5) is 23.6. The standard InChI is InChI=1S/C26H41N5O.HI/c1-27-26(28-15-6-2-7-16-29-17-8-3-9-18-29)31-21-22(23-11-4-5-12-24(23)31)14-20-30-19-10-13-25(30)32;/h4-5,11-12,22H,2-3,6-10,13-21H2,1H3,(H,27,28);1H. The second-order valence-corrected chi connectivity index (χ2v) is 9.58. The van der Waals surface area contributed by atoms with Crippen LogP contribution in [0.5, 0.6) is 0 Å². The van der Waals surface area contributed by atoms with Gasteiger partial charge in [0.05, 0.1) is 0 Å². The van der Waals surface area contributed by atoms with Crippen molar-refractivity contribution in [2.75, 3.05) is 57.8 Å². The minimum absolute atomic E-state index is 0. The molecule has 4 rings (SSSR count). The van der Waals surface area contributed by atoms with E-state index >= 15 is 0 Å². The van der Waals surface area contributed by atoms with Gasteiger partial charge in [0, 0.05) is 51.3 Å². The van der Waals surface area contributed by atoms with E-state index in [-0.39, 0.29) is 24.0 Å². The lowest BCUT2D eigenvalue weighted by molar-refractivity contribution is -0.127. The van der Waals surface area contributed by atoms with Gasteiger partial charge in [-0.1, -0.05) is 31.0 Å². The minimum Gasteiger partial charge on any atom is -0.356 e. The molecule has 7 heteroatoms. The van der Waals surface area contributed by atoms with Gasteiger partial charge in [-0.25, -0.2) is 0 Å². The molecule has 1 N–H and O–H groups in total. The number of nitrogens with one attached hydrogen (secondary N) is 1. The predicted molar refractivity (Wildman–Crippen MR) is 148 cm³/mol. The molecule has 3 aliphatic rings. The lowest BCUT2D eigenvalue weighted by Gasteiger charge is -2.26. The van der Waals surface area contributed by atoms with Gasteiger partial charge >= 0.3 is 0 Å². The molecule has 2 fully saturated rings. The Kier molecular flexibility index (Phi) is 10.8. The number of para-hydroxylation sites is 1. The summed E-state index contributed by atoms with van der Waals surface area (Å²) in [5.41, 5.74) is 2.66. The molecule has 1 amide bonds. The summed E-state index contributed by atoms with van der Waals surface area (Å²) < 4.78 is 0. The lowest BCUT2D eigenvalue weighted by Crippen LogP contribution is -2.41. The van der Waals surface area contributed by atoms with Crippen LogP contribution in [0.25, 0.3) is 0 Å². The van der Waals surface area contributed by atoms with E-state index in [1.165, 1.54) is 69.4 Å². The van der Waals surface area contributed by atoms with Crippen LogP contribution < -0.4 is 10.2 Å². The van der Waals surface area contributed by atoms with Crippen LogP contribution in [-0.4, -0.2) is 74.5 Å². The molecule has 1 atom stereocenters. The van der Waals surface area contributed by atoms with Gasteiger partial charge in [0.15, 0.2) is 5.96 Å². The zero-order valence-corrected chi connectivity index (χ0v) is 22.6. The second-order valence-electron chi connectivity index (χ2n) is 9.58. The summed E-state index contributed by atoms with van der Waals surface area (Å²) in [5.74, 6) is 1.75. The molecule has 184 valence electrons. The van der Waals surface area contributed by atoms with Crippen molar-refractivity contribution in [1.82, 2.24) is 15.1 Å².